The van der Waals surface area contributed by atoms with Crippen LogP contribution in [0.15, 0.2) is 48.5 Å². The molecule has 0 aliphatic heterocycles. The van der Waals surface area contributed by atoms with E-state index in [0.717, 1.165) is 18.7 Å². The number of carboxylic acid groups (broad SMARTS) is 1. The molecule has 3 nitrogen and oxygen atoms in total. The van der Waals surface area contributed by atoms with Crippen LogP contribution in [-0.4, -0.2) is 17.6 Å². The van der Waals surface area contributed by atoms with E-state index in [9.17, 15) is 4.79 Å². The van der Waals surface area contributed by atoms with Gasteiger partial charge in [-0.1, -0.05) is 61.2 Å². The van der Waals surface area contributed by atoms with Crippen LogP contribution in [-0.2, 0) is 12.0 Å². The highest BCUT2D eigenvalue weighted by Gasteiger charge is 2.33. The van der Waals surface area contributed by atoms with E-state index in [2.05, 4.69) is 36.5 Å². The highest BCUT2D eigenvalue weighted by atomic mass is 16.4. The van der Waals surface area contributed by atoms with Crippen molar-refractivity contribution in [3.8, 4) is 0 Å². The van der Waals surface area contributed by atoms with Gasteiger partial charge in [-0.3, -0.25) is 0 Å². The summed E-state index contributed by atoms with van der Waals surface area (Å²) in [7, 11) is 0. The van der Waals surface area contributed by atoms with Crippen LogP contribution < -0.4 is 5.32 Å². The summed E-state index contributed by atoms with van der Waals surface area (Å²) in [5.41, 5.74) is 4.48. The molecule has 0 aromatic heterocycles. The van der Waals surface area contributed by atoms with Crippen LogP contribution >= 0.6 is 0 Å². The molecule has 25 heavy (non-hydrogen) atoms. The zero-order valence-corrected chi connectivity index (χ0v) is 14.9. The van der Waals surface area contributed by atoms with E-state index in [1.165, 1.54) is 43.2 Å². The van der Waals surface area contributed by atoms with Crippen molar-refractivity contribution in [2.24, 2.45) is 0 Å². The number of carboxylic acids is 1. The van der Waals surface area contributed by atoms with Gasteiger partial charge in [0.05, 0.1) is 5.56 Å². The molecule has 0 spiro atoms. The lowest BCUT2D eigenvalue weighted by Crippen LogP contribution is -2.39. The quantitative estimate of drug-likeness (QED) is 0.804. The van der Waals surface area contributed by atoms with Crippen LogP contribution in [0.25, 0.3) is 0 Å². The number of carbonyl (C=O) groups is 1. The van der Waals surface area contributed by atoms with Gasteiger partial charge in [0.15, 0.2) is 0 Å². The molecule has 0 heterocycles. The van der Waals surface area contributed by atoms with Gasteiger partial charge in [-0.2, -0.15) is 0 Å². The van der Waals surface area contributed by atoms with Crippen LogP contribution in [0.4, 0.5) is 0 Å². The summed E-state index contributed by atoms with van der Waals surface area (Å²) >= 11 is 0. The lowest BCUT2D eigenvalue weighted by molar-refractivity contribution is 0.0697. The van der Waals surface area contributed by atoms with E-state index < -0.39 is 5.97 Å². The van der Waals surface area contributed by atoms with E-state index in [1.807, 2.05) is 12.1 Å². The van der Waals surface area contributed by atoms with Gasteiger partial charge in [-0.25, -0.2) is 4.79 Å². The summed E-state index contributed by atoms with van der Waals surface area (Å²) in [6.07, 6.45) is 6.40. The molecule has 1 saturated carbocycles. The third kappa shape index (κ3) is 4.29. The van der Waals surface area contributed by atoms with Crippen molar-refractivity contribution < 1.29 is 9.90 Å². The average Bonchev–Trinajstić information content (AvgIpc) is 2.63. The van der Waals surface area contributed by atoms with Crippen LogP contribution in [0.2, 0.25) is 0 Å². The number of aryl methyl sites for hydroxylation is 1. The number of aromatic carboxylic acids is 1. The monoisotopic (exact) mass is 337 g/mol. The Morgan fingerprint density at radius 2 is 1.80 bits per heavy atom. The lowest BCUT2D eigenvalue weighted by Gasteiger charge is -2.38. The maximum atomic E-state index is 10.9. The van der Waals surface area contributed by atoms with Gasteiger partial charge < -0.3 is 10.4 Å². The maximum Gasteiger partial charge on any atom is 0.335 e. The van der Waals surface area contributed by atoms with Crippen molar-refractivity contribution in [2.45, 2.75) is 51.0 Å². The van der Waals surface area contributed by atoms with Gasteiger partial charge in [-0.05, 0) is 43.0 Å². The van der Waals surface area contributed by atoms with Crippen LogP contribution in [0, 0.1) is 6.92 Å². The minimum Gasteiger partial charge on any atom is -0.478 e. The summed E-state index contributed by atoms with van der Waals surface area (Å²) < 4.78 is 0. The molecule has 132 valence electrons. The summed E-state index contributed by atoms with van der Waals surface area (Å²) in [4.78, 5) is 10.9. The average molecular weight is 337 g/mol. The minimum atomic E-state index is -0.875. The number of hydrogen-bond donors (Lipinski definition) is 2. The fourth-order valence-corrected chi connectivity index (χ4v) is 3.98. The summed E-state index contributed by atoms with van der Waals surface area (Å²) in [6, 6.07) is 16.1. The molecule has 1 fully saturated rings. The molecule has 2 aromatic rings. The van der Waals surface area contributed by atoms with E-state index in [0.29, 0.717) is 5.56 Å². The smallest absolute Gasteiger partial charge is 0.335 e. The second-order valence-corrected chi connectivity index (χ2v) is 7.32. The Hall–Kier alpha value is -2.13. The number of hydrogen-bond acceptors (Lipinski definition) is 2. The fourth-order valence-electron chi connectivity index (χ4n) is 3.98. The summed E-state index contributed by atoms with van der Waals surface area (Å²) in [5, 5.41) is 12.6. The standard InChI is InChI=1S/C22H27NO2/c1-17-6-5-7-20(14-17)22(12-3-2-4-13-22)16-23-15-18-8-10-19(11-9-18)21(24)25/h5-11,14,23H,2-4,12-13,15-16H2,1H3,(H,24,25). The first-order valence-corrected chi connectivity index (χ1v) is 9.19. The van der Waals surface area contributed by atoms with Crippen molar-refractivity contribution in [3.05, 3.63) is 70.8 Å². The van der Waals surface area contributed by atoms with Crippen molar-refractivity contribution >= 4 is 5.97 Å². The third-order valence-electron chi connectivity index (χ3n) is 5.43. The van der Waals surface area contributed by atoms with Crippen molar-refractivity contribution in [3.63, 3.8) is 0 Å². The Balaban J connectivity index is 1.68. The maximum absolute atomic E-state index is 10.9. The molecule has 1 aliphatic rings. The molecule has 3 heteroatoms. The Kier molecular flexibility index (Phi) is 5.54. The highest BCUT2D eigenvalue weighted by Crippen LogP contribution is 2.39. The SMILES string of the molecule is Cc1cccc(C2(CNCc3ccc(C(=O)O)cc3)CCCCC2)c1. The molecule has 0 bridgehead atoms. The van der Waals surface area contributed by atoms with Crippen LogP contribution in [0.5, 0.6) is 0 Å². The summed E-state index contributed by atoms with van der Waals surface area (Å²) in [5.74, 6) is -0.875. The fraction of sp³-hybridized carbons (Fsp3) is 0.409. The topological polar surface area (TPSA) is 49.3 Å². The van der Waals surface area contributed by atoms with Gasteiger partial charge in [0.1, 0.15) is 0 Å². The number of rotatable bonds is 6. The predicted octanol–water partition coefficient (Wildman–Crippen LogP) is 4.68. The van der Waals surface area contributed by atoms with Gasteiger partial charge in [0.25, 0.3) is 0 Å². The molecule has 0 radical (unpaired) electrons. The van der Waals surface area contributed by atoms with Crippen LogP contribution in [0.1, 0.15) is 59.2 Å². The molecule has 3 rings (SSSR count). The Bertz CT molecular complexity index is 715. The van der Waals surface area contributed by atoms with Gasteiger partial charge in [0, 0.05) is 18.5 Å². The molecule has 0 amide bonds. The van der Waals surface area contributed by atoms with Crippen molar-refractivity contribution in [2.75, 3.05) is 6.54 Å². The molecule has 0 atom stereocenters. The van der Waals surface area contributed by atoms with E-state index in [1.54, 1.807) is 12.1 Å². The summed E-state index contributed by atoms with van der Waals surface area (Å²) in [6.45, 7) is 3.90. The third-order valence-corrected chi connectivity index (χ3v) is 5.43. The van der Waals surface area contributed by atoms with Gasteiger partial charge >= 0.3 is 5.97 Å². The highest BCUT2D eigenvalue weighted by molar-refractivity contribution is 5.87. The molecular formula is C22H27NO2. The van der Waals surface area contributed by atoms with Crippen molar-refractivity contribution in [1.82, 2.24) is 5.32 Å². The van der Waals surface area contributed by atoms with Crippen molar-refractivity contribution in [1.29, 1.82) is 0 Å². The van der Waals surface area contributed by atoms with Crippen LogP contribution in [0.3, 0.4) is 0 Å². The first-order valence-electron chi connectivity index (χ1n) is 9.19. The minimum absolute atomic E-state index is 0.227. The first kappa shape index (κ1) is 17.7. The Labute approximate surface area is 150 Å². The molecule has 1 aliphatic carbocycles. The normalized spacial score (nSPS) is 16.5. The zero-order chi connectivity index (χ0) is 17.7. The largest absolute Gasteiger partial charge is 0.478 e. The Morgan fingerprint density at radius 3 is 2.44 bits per heavy atom. The second kappa shape index (κ2) is 7.83. The molecule has 0 saturated heterocycles. The molecular weight excluding hydrogens is 310 g/mol. The van der Waals surface area contributed by atoms with E-state index >= 15 is 0 Å². The predicted molar refractivity (Wildman–Crippen MR) is 101 cm³/mol. The van der Waals surface area contributed by atoms with E-state index in [-0.39, 0.29) is 5.41 Å². The molecule has 2 aromatic carbocycles. The second-order valence-electron chi connectivity index (χ2n) is 7.32. The van der Waals surface area contributed by atoms with Gasteiger partial charge in [0.2, 0.25) is 0 Å². The molecule has 2 N–H and O–H groups in total. The van der Waals surface area contributed by atoms with E-state index in [4.69, 9.17) is 5.11 Å². The zero-order valence-electron chi connectivity index (χ0n) is 14.9. The lowest BCUT2D eigenvalue weighted by atomic mass is 9.69. The number of benzene rings is 2. The molecule has 0 unspecified atom stereocenters. The first-order chi connectivity index (χ1) is 12.1. The Morgan fingerprint density at radius 1 is 1.08 bits per heavy atom. The van der Waals surface area contributed by atoms with Gasteiger partial charge in [-0.15, -0.1) is 0 Å². The number of nitrogens with one attached hydrogen (secondary N) is 1.